The molecular formula is C22H19FN4O. The molecule has 28 heavy (non-hydrogen) atoms. The quantitative estimate of drug-likeness (QED) is 0.737. The van der Waals surface area contributed by atoms with Crippen LogP contribution in [0.5, 0.6) is 0 Å². The van der Waals surface area contributed by atoms with E-state index in [1.54, 1.807) is 41.3 Å². The SMILES string of the molecule is CC(C)Cc1n[nH]c2c1C(c1ccc(F)cc1)N(c1ccc(C#N)cc1)C2=O. The van der Waals surface area contributed by atoms with Gasteiger partial charge < -0.3 is 0 Å². The van der Waals surface area contributed by atoms with Crippen LogP contribution in [0, 0.1) is 23.1 Å². The average molecular weight is 374 g/mol. The number of nitriles is 1. The number of fused-ring (bicyclic) bond motifs is 1. The van der Waals surface area contributed by atoms with Gasteiger partial charge in [-0.3, -0.25) is 14.8 Å². The summed E-state index contributed by atoms with van der Waals surface area (Å²) < 4.78 is 13.5. The molecule has 6 heteroatoms. The van der Waals surface area contributed by atoms with E-state index in [0.29, 0.717) is 22.9 Å². The zero-order chi connectivity index (χ0) is 19.8. The zero-order valence-corrected chi connectivity index (χ0v) is 15.6. The minimum atomic E-state index is -0.400. The molecule has 0 spiro atoms. The zero-order valence-electron chi connectivity index (χ0n) is 15.6. The highest BCUT2D eigenvalue weighted by Gasteiger charge is 2.42. The summed E-state index contributed by atoms with van der Waals surface area (Å²) in [5, 5.41) is 16.3. The first kappa shape index (κ1) is 17.9. The third-order valence-electron chi connectivity index (χ3n) is 4.91. The van der Waals surface area contributed by atoms with Gasteiger partial charge in [0.1, 0.15) is 11.5 Å². The molecule has 0 saturated heterocycles. The minimum absolute atomic E-state index is 0.184. The second kappa shape index (κ2) is 6.93. The van der Waals surface area contributed by atoms with Gasteiger partial charge in [0.25, 0.3) is 5.91 Å². The van der Waals surface area contributed by atoms with Crippen molar-refractivity contribution in [2.75, 3.05) is 4.90 Å². The fraction of sp³-hybridized carbons (Fsp3) is 0.227. The summed E-state index contributed by atoms with van der Waals surface area (Å²) in [5.41, 5.74) is 4.17. The summed E-state index contributed by atoms with van der Waals surface area (Å²) in [5.74, 6) is -0.135. The highest BCUT2D eigenvalue weighted by atomic mass is 19.1. The van der Waals surface area contributed by atoms with Gasteiger partial charge in [0.15, 0.2) is 0 Å². The molecule has 3 aromatic rings. The van der Waals surface area contributed by atoms with Crippen molar-refractivity contribution in [3.8, 4) is 6.07 Å². The molecule has 4 rings (SSSR count). The van der Waals surface area contributed by atoms with Gasteiger partial charge in [0, 0.05) is 11.3 Å². The number of nitrogens with zero attached hydrogens (tertiary/aromatic N) is 3. The monoisotopic (exact) mass is 374 g/mol. The van der Waals surface area contributed by atoms with E-state index < -0.39 is 6.04 Å². The Morgan fingerprint density at radius 3 is 2.46 bits per heavy atom. The number of rotatable bonds is 4. The fourth-order valence-electron chi connectivity index (χ4n) is 3.68. The molecule has 2 heterocycles. The molecule has 1 amide bonds. The van der Waals surface area contributed by atoms with Gasteiger partial charge in [-0.1, -0.05) is 26.0 Å². The van der Waals surface area contributed by atoms with Gasteiger partial charge >= 0.3 is 0 Å². The minimum Gasteiger partial charge on any atom is -0.295 e. The molecule has 1 atom stereocenters. The maximum atomic E-state index is 13.5. The van der Waals surface area contributed by atoms with Crippen molar-refractivity contribution in [1.82, 2.24) is 10.2 Å². The molecule has 1 N–H and O–H groups in total. The second-order valence-corrected chi connectivity index (χ2v) is 7.34. The van der Waals surface area contributed by atoms with Crippen molar-refractivity contribution in [2.45, 2.75) is 26.3 Å². The van der Waals surface area contributed by atoms with E-state index in [1.165, 1.54) is 12.1 Å². The second-order valence-electron chi connectivity index (χ2n) is 7.34. The lowest BCUT2D eigenvalue weighted by molar-refractivity contribution is 0.0988. The van der Waals surface area contributed by atoms with Crippen LogP contribution >= 0.6 is 0 Å². The van der Waals surface area contributed by atoms with Crippen molar-refractivity contribution >= 4 is 11.6 Å². The van der Waals surface area contributed by atoms with Gasteiger partial charge in [0.05, 0.1) is 23.4 Å². The third-order valence-corrected chi connectivity index (χ3v) is 4.91. The van der Waals surface area contributed by atoms with Crippen LogP contribution < -0.4 is 4.90 Å². The maximum Gasteiger partial charge on any atom is 0.277 e. The van der Waals surface area contributed by atoms with Crippen molar-refractivity contribution in [3.63, 3.8) is 0 Å². The molecule has 140 valence electrons. The highest BCUT2D eigenvalue weighted by Crippen LogP contribution is 2.42. The molecule has 0 fully saturated rings. The number of H-pyrrole nitrogens is 1. The van der Waals surface area contributed by atoms with Crippen LogP contribution in [-0.4, -0.2) is 16.1 Å². The Bertz CT molecular complexity index is 1060. The lowest BCUT2D eigenvalue weighted by Crippen LogP contribution is -2.29. The highest BCUT2D eigenvalue weighted by molar-refractivity contribution is 6.10. The van der Waals surface area contributed by atoms with Crippen LogP contribution in [0.15, 0.2) is 48.5 Å². The van der Waals surface area contributed by atoms with E-state index in [4.69, 9.17) is 5.26 Å². The van der Waals surface area contributed by atoms with Crippen LogP contribution in [0.3, 0.4) is 0 Å². The fourth-order valence-corrected chi connectivity index (χ4v) is 3.68. The van der Waals surface area contributed by atoms with Crippen LogP contribution in [0.2, 0.25) is 0 Å². The third kappa shape index (κ3) is 2.95. The Morgan fingerprint density at radius 2 is 1.86 bits per heavy atom. The number of halogens is 1. The van der Waals surface area contributed by atoms with E-state index in [1.807, 2.05) is 0 Å². The van der Waals surface area contributed by atoms with E-state index in [9.17, 15) is 9.18 Å². The number of aromatic nitrogens is 2. The van der Waals surface area contributed by atoms with Gasteiger partial charge in [-0.2, -0.15) is 10.4 Å². The summed E-state index contributed by atoms with van der Waals surface area (Å²) in [6, 6.07) is 14.8. The van der Waals surface area contributed by atoms with Gasteiger partial charge in [-0.05, 0) is 54.3 Å². The number of aromatic amines is 1. The van der Waals surface area contributed by atoms with Crippen molar-refractivity contribution in [1.29, 1.82) is 5.26 Å². The van der Waals surface area contributed by atoms with Crippen molar-refractivity contribution < 1.29 is 9.18 Å². The number of benzene rings is 2. The molecule has 1 unspecified atom stereocenters. The maximum absolute atomic E-state index is 13.5. The summed E-state index contributed by atoms with van der Waals surface area (Å²) in [4.78, 5) is 14.9. The van der Waals surface area contributed by atoms with Crippen molar-refractivity contribution in [3.05, 3.63) is 82.4 Å². The average Bonchev–Trinajstić information content (AvgIpc) is 3.21. The molecule has 1 aliphatic rings. The van der Waals surface area contributed by atoms with Crippen LogP contribution in [0.25, 0.3) is 0 Å². The lowest BCUT2D eigenvalue weighted by atomic mass is 9.95. The molecule has 2 aromatic carbocycles. The molecule has 0 bridgehead atoms. The largest absolute Gasteiger partial charge is 0.295 e. The Hall–Kier alpha value is -3.46. The summed E-state index contributed by atoms with van der Waals surface area (Å²) in [7, 11) is 0. The van der Waals surface area contributed by atoms with Crippen LogP contribution in [-0.2, 0) is 6.42 Å². The van der Waals surface area contributed by atoms with Gasteiger partial charge in [0.2, 0.25) is 0 Å². The summed E-state index contributed by atoms with van der Waals surface area (Å²) in [6.45, 7) is 4.20. The smallest absolute Gasteiger partial charge is 0.277 e. The van der Waals surface area contributed by atoms with Crippen LogP contribution in [0.1, 0.15) is 52.8 Å². The number of carbonyl (C=O) groups is 1. The van der Waals surface area contributed by atoms with Crippen molar-refractivity contribution in [2.24, 2.45) is 5.92 Å². The Morgan fingerprint density at radius 1 is 1.18 bits per heavy atom. The Labute approximate surface area is 162 Å². The first-order valence-corrected chi connectivity index (χ1v) is 9.16. The molecule has 0 aliphatic carbocycles. The Balaban J connectivity index is 1.87. The molecule has 0 radical (unpaired) electrons. The standard InChI is InChI=1S/C22H19FN4O/c1-13(2)11-18-19-20(26-25-18)22(28)27(17-9-3-14(12-24)4-10-17)21(19)15-5-7-16(23)8-6-15/h3-10,13,21H,11H2,1-2H3,(H,25,26). The first-order valence-electron chi connectivity index (χ1n) is 9.16. The molecule has 0 saturated carbocycles. The topological polar surface area (TPSA) is 72.8 Å². The lowest BCUT2D eigenvalue weighted by Gasteiger charge is -2.26. The molecule has 1 aromatic heterocycles. The molecule has 1 aliphatic heterocycles. The number of hydrogen-bond acceptors (Lipinski definition) is 3. The predicted molar refractivity (Wildman–Crippen MR) is 103 cm³/mol. The predicted octanol–water partition coefficient (Wildman–Crippen LogP) is 4.37. The van der Waals surface area contributed by atoms with Gasteiger partial charge in [-0.25, -0.2) is 4.39 Å². The number of amides is 1. The normalized spacial score (nSPS) is 15.8. The summed E-state index contributed by atoms with van der Waals surface area (Å²) in [6.07, 6.45) is 0.734. The van der Waals surface area contributed by atoms with Crippen LogP contribution in [0.4, 0.5) is 10.1 Å². The molecule has 5 nitrogen and oxygen atoms in total. The summed E-state index contributed by atoms with van der Waals surface area (Å²) >= 11 is 0. The number of carbonyl (C=O) groups excluding carboxylic acids is 1. The molecular weight excluding hydrogens is 355 g/mol. The number of hydrogen-bond donors (Lipinski definition) is 1. The van der Waals surface area contributed by atoms with E-state index in [0.717, 1.165) is 23.2 Å². The Kier molecular flexibility index (Phi) is 4.44. The first-order chi connectivity index (χ1) is 13.5. The van der Waals surface area contributed by atoms with E-state index >= 15 is 0 Å². The van der Waals surface area contributed by atoms with E-state index in [2.05, 4.69) is 30.1 Å². The number of anilines is 1. The van der Waals surface area contributed by atoms with E-state index in [-0.39, 0.29) is 11.7 Å². The number of nitrogens with one attached hydrogen (secondary N) is 1. The van der Waals surface area contributed by atoms with Gasteiger partial charge in [-0.15, -0.1) is 0 Å².